The van der Waals surface area contributed by atoms with E-state index in [4.69, 9.17) is 0 Å². The van der Waals surface area contributed by atoms with E-state index < -0.39 is 0 Å². The van der Waals surface area contributed by atoms with Gasteiger partial charge in [-0.1, -0.05) is 30.3 Å². The number of anilines is 1. The standard InChI is InChI=1S/C23H23N3O3/c1-15(27)16-7-4-9-19(12-16)24-22(28)18-8-5-11-26(14-18)23(29)21-13-17-6-2-3-10-20(17)25-21/h2-4,6-7,9-10,12-13,18,25H,5,8,11,14H2,1H3,(H,24,28). The Bertz CT molecular complexity index is 1050. The number of H-pyrrole nitrogens is 1. The Balaban J connectivity index is 1.44. The van der Waals surface area contributed by atoms with Gasteiger partial charge in [-0.2, -0.15) is 0 Å². The number of hydrogen-bond acceptors (Lipinski definition) is 3. The van der Waals surface area contributed by atoms with E-state index in [0.29, 0.717) is 30.0 Å². The summed E-state index contributed by atoms with van der Waals surface area (Å²) in [5, 5.41) is 3.88. The zero-order valence-electron chi connectivity index (χ0n) is 16.3. The van der Waals surface area contributed by atoms with Gasteiger partial charge in [0.05, 0.1) is 5.92 Å². The number of carbonyl (C=O) groups is 3. The first-order valence-electron chi connectivity index (χ1n) is 9.80. The number of aromatic nitrogens is 1. The van der Waals surface area contributed by atoms with Crippen LogP contribution in [0.1, 0.15) is 40.6 Å². The molecule has 1 saturated heterocycles. The number of likely N-dealkylation sites (tertiary alicyclic amines) is 1. The molecule has 1 aliphatic rings. The molecule has 2 amide bonds. The monoisotopic (exact) mass is 389 g/mol. The van der Waals surface area contributed by atoms with Gasteiger partial charge in [-0.15, -0.1) is 0 Å². The molecule has 1 aromatic heterocycles. The van der Waals surface area contributed by atoms with Crippen molar-refractivity contribution in [2.75, 3.05) is 18.4 Å². The number of para-hydroxylation sites is 1. The molecule has 2 aromatic carbocycles. The molecule has 6 nitrogen and oxygen atoms in total. The van der Waals surface area contributed by atoms with Crippen molar-refractivity contribution in [3.8, 4) is 0 Å². The first-order chi connectivity index (χ1) is 14.0. The van der Waals surface area contributed by atoms with Crippen molar-refractivity contribution in [2.45, 2.75) is 19.8 Å². The summed E-state index contributed by atoms with van der Waals surface area (Å²) in [5.74, 6) is -0.538. The van der Waals surface area contributed by atoms with E-state index in [0.717, 1.165) is 23.7 Å². The first kappa shape index (κ1) is 18.9. The van der Waals surface area contributed by atoms with Gasteiger partial charge in [0.15, 0.2) is 5.78 Å². The van der Waals surface area contributed by atoms with Gasteiger partial charge in [-0.25, -0.2) is 0 Å². The topological polar surface area (TPSA) is 82.3 Å². The summed E-state index contributed by atoms with van der Waals surface area (Å²) in [6, 6.07) is 16.5. The molecule has 2 heterocycles. The highest BCUT2D eigenvalue weighted by atomic mass is 16.2. The molecule has 148 valence electrons. The Morgan fingerprint density at radius 2 is 1.90 bits per heavy atom. The van der Waals surface area contributed by atoms with Gasteiger partial charge in [0.1, 0.15) is 5.69 Å². The van der Waals surface area contributed by atoms with Crippen LogP contribution in [0.25, 0.3) is 10.9 Å². The highest BCUT2D eigenvalue weighted by molar-refractivity contribution is 5.99. The summed E-state index contributed by atoms with van der Waals surface area (Å²) in [6.07, 6.45) is 1.51. The molecule has 1 unspecified atom stereocenters. The molecule has 2 N–H and O–H groups in total. The quantitative estimate of drug-likeness (QED) is 0.665. The highest BCUT2D eigenvalue weighted by Gasteiger charge is 2.29. The normalized spacial score (nSPS) is 16.6. The Morgan fingerprint density at radius 3 is 2.69 bits per heavy atom. The van der Waals surface area contributed by atoms with E-state index in [2.05, 4.69) is 10.3 Å². The van der Waals surface area contributed by atoms with Crippen LogP contribution in [0.3, 0.4) is 0 Å². The average molecular weight is 389 g/mol. The fraction of sp³-hybridized carbons (Fsp3) is 0.261. The zero-order chi connectivity index (χ0) is 20.4. The predicted molar refractivity (Wildman–Crippen MR) is 112 cm³/mol. The Hall–Kier alpha value is -3.41. The maximum atomic E-state index is 12.9. The minimum absolute atomic E-state index is 0.0473. The average Bonchev–Trinajstić information content (AvgIpc) is 3.17. The van der Waals surface area contributed by atoms with Crippen LogP contribution in [0.2, 0.25) is 0 Å². The number of nitrogens with one attached hydrogen (secondary N) is 2. The summed E-state index contributed by atoms with van der Waals surface area (Å²) < 4.78 is 0. The van der Waals surface area contributed by atoms with Gasteiger partial charge in [0.2, 0.25) is 5.91 Å². The van der Waals surface area contributed by atoms with Crippen molar-refractivity contribution in [2.24, 2.45) is 5.92 Å². The lowest BCUT2D eigenvalue weighted by molar-refractivity contribution is -0.121. The SMILES string of the molecule is CC(=O)c1cccc(NC(=O)C2CCCN(C(=O)c3cc4ccccc4[nH]3)C2)c1. The van der Waals surface area contributed by atoms with Crippen molar-refractivity contribution >= 4 is 34.2 Å². The zero-order valence-corrected chi connectivity index (χ0v) is 16.3. The van der Waals surface area contributed by atoms with Gasteiger partial charge in [-0.3, -0.25) is 14.4 Å². The Labute approximate surface area is 168 Å². The molecule has 1 atom stereocenters. The van der Waals surface area contributed by atoms with Crippen molar-refractivity contribution in [1.82, 2.24) is 9.88 Å². The number of hydrogen-bond donors (Lipinski definition) is 2. The predicted octanol–water partition coefficient (Wildman–Crippen LogP) is 3.86. The third kappa shape index (κ3) is 4.06. The van der Waals surface area contributed by atoms with Crippen LogP contribution >= 0.6 is 0 Å². The maximum absolute atomic E-state index is 12.9. The van der Waals surface area contributed by atoms with Crippen LogP contribution in [0.4, 0.5) is 5.69 Å². The van der Waals surface area contributed by atoms with E-state index in [-0.39, 0.29) is 23.5 Å². The number of amides is 2. The van der Waals surface area contributed by atoms with Crippen LogP contribution in [-0.2, 0) is 4.79 Å². The van der Waals surface area contributed by atoms with Gasteiger partial charge in [-0.05, 0) is 44.0 Å². The molecule has 0 saturated carbocycles. The first-order valence-corrected chi connectivity index (χ1v) is 9.80. The fourth-order valence-corrected chi connectivity index (χ4v) is 3.79. The number of piperidine rings is 1. The molecule has 29 heavy (non-hydrogen) atoms. The smallest absolute Gasteiger partial charge is 0.270 e. The number of benzene rings is 2. The second kappa shape index (κ2) is 7.91. The minimum atomic E-state index is -0.280. The molecule has 0 bridgehead atoms. The van der Waals surface area contributed by atoms with E-state index in [1.54, 1.807) is 29.2 Å². The van der Waals surface area contributed by atoms with Gasteiger partial charge >= 0.3 is 0 Å². The van der Waals surface area contributed by atoms with Crippen LogP contribution in [0.5, 0.6) is 0 Å². The third-order valence-corrected chi connectivity index (χ3v) is 5.38. The molecule has 1 aliphatic heterocycles. The van der Waals surface area contributed by atoms with E-state index in [1.807, 2.05) is 30.3 Å². The number of rotatable bonds is 4. The van der Waals surface area contributed by atoms with Crippen molar-refractivity contribution in [3.63, 3.8) is 0 Å². The Morgan fingerprint density at radius 1 is 1.07 bits per heavy atom. The second-order valence-electron chi connectivity index (χ2n) is 7.49. The number of carbonyl (C=O) groups excluding carboxylic acids is 3. The summed E-state index contributed by atoms with van der Waals surface area (Å²) >= 11 is 0. The van der Waals surface area contributed by atoms with Crippen molar-refractivity contribution in [3.05, 3.63) is 65.9 Å². The lowest BCUT2D eigenvalue weighted by Crippen LogP contribution is -2.43. The minimum Gasteiger partial charge on any atom is -0.351 e. The van der Waals surface area contributed by atoms with Crippen LogP contribution in [-0.4, -0.2) is 40.6 Å². The summed E-state index contributed by atoms with van der Waals surface area (Å²) in [7, 11) is 0. The Kier molecular flexibility index (Phi) is 5.16. The van der Waals surface area contributed by atoms with Crippen LogP contribution in [0, 0.1) is 5.92 Å². The second-order valence-corrected chi connectivity index (χ2v) is 7.49. The molecular weight excluding hydrogens is 366 g/mol. The number of aromatic amines is 1. The molecule has 0 radical (unpaired) electrons. The largest absolute Gasteiger partial charge is 0.351 e. The number of ketones is 1. The fourth-order valence-electron chi connectivity index (χ4n) is 3.79. The summed E-state index contributed by atoms with van der Waals surface area (Å²) in [5.41, 5.74) is 2.62. The number of fused-ring (bicyclic) bond motifs is 1. The van der Waals surface area contributed by atoms with Gasteiger partial charge < -0.3 is 15.2 Å². The molecule has 3 aromatic rings. The molecule has 1 fully saturated rings. The van der Waals surface area contributed by atoms with Crippen molar-refractivity contribution < 1.29 is 14.4 Å². The molecular formula is C23H23N3O3. The van der Waals surface area contributed by atoms with E-state index in [1.165, 1.54) is 6.92 Å². The van der Waals surface area contributed by atoms with Crippen molar-refractivity contribution in [1.29, 1.82) is 0 Å². The number of Topliss-reactive ketones (excluding diaryl/α,β-unsaturated/α-hetero) is 1. The summed E-state index contributed by atoms with van der Waals surface area (Å²) in [4.78, 5) is 42.1. The molecule has 0 aliphatic carbocycles. The van der Waals surface area contributed by atoms with Gasteiger partial charge in [0.25, 0.3) is 5.91 Å². The highest BCUT2D eigenvalue weighted by Crippen LogP contribution is 2.22. The van der Waals surface area contributed by atoms with Crippen LogP contribution in [0.15, 0.2) is 54.6 Å². The lowest BCUT2D eigenvalue weighted by Gasteiger charge is -2.31. The molecule has 6 heteroatoms. The van der Waals surface area contributed by atoms with Gasteiger partial charge in [0, 0.05) is 35.2 Å². The molecule has 0 spiro atoms. The third-order valence-electron chi connectivity index (χ3n) is 5.38. The molecule has 4 rings (SSSR count). The van der Waals surface area contributed by atoms with E-state index in [9.17, 15) is 14.4 Å². The lowest BCUT2D eigenvalue weighted by atomic mass is 9.96. The maximum Gasteiger partial charge on any atom is 0.270 e. The summed E-state index contributed by atoms with van der Waals surface area (Å²) in [6.45, 7) is 2.51. The van der Waals surface area contributed by atoms with Crippen LogP contribution < -0.4 is 5.32 Å². The van der Waals surface area contributed by atoms with E-state index >= 15 is 0 Å². The number of nitrogens with zero attached hydrogens (tertiary/aromatic N) is 1.